The third kappa shape index (κ3) is 5.02. The molecule has 0 unspecified atom stereocenters. The van der Waals surface area contributed by atoms with Gasteiger partial charge in [-0.25, -0.2) is 9.18 Å². The summed E-state index contributed by atoms with van der Waals surface area (Å²) in [5, 5.41) is 11.2. The number of hydrogen-bond donors (Lipinski definition) is 2. The van der Waals surface area contributed by atoms with Gasteiger partial charge in [-0.1, -0.05) is 12.1 Å². The van der Waals surface area contributed by atoms with Gasteiger partial charge >= 0.3 is 12.0 Å². The molecule has 22 heavy (non-hydrogen) atoms. The zero-order valence-corrected chi connectivity index (χ0v) is 12.4. The first-order valence-corrected chi connectivity index (χ1v) is 7.53. The van der Waals surface area contributed by atoms with Gasteiger partial charge in [0.1, 0.15) is 5.82 Å². The van der Waals surface area contributed by atoms with Crippen molar-refractivity contribution in [1.29, 1.82) is 0 Å². The third-order valence-electron chi connectivity index (χ3n) is 3.93. The Hall–Kier alpha value is -2.11. The van der Waals surface area contributed by atoms with E-state index in [2.05, 4.69) is 5.32 Å². The molecule has 2 N–H and O–H groups in total. The summed E-state index contributed by atoms with van der Waals surface area (Å²) >= 11 is 0. The number of benzene rings is 1. The van der Waals surface area contributed by atoms with Crippen LogP contribution < -0.4 is 5.32 Å². The lowest BCUT2D eigenvalue weighted by Crippen LogP contribution is -2.45. The number of nitrogens with zero attached hydrogens (tertiary/aromatic N) is 1. The first-order valence-electron chi connectivity index (χ1n) is 7.53. The molecule has 1 saturated heterocycles. The third-order valence-corrected chi connectivity index (χ3v) is 3.93. The number of hydrogen-bond acceptors (Lipinski definition) is 2. The van der Waals surface area contributed by atoms with Gasteiger partial charge in [0.2, 0.25) is 0 Å². The van der Waals surface area contributed by atoms with E-state index in [1.54, 1.807) is 17.0 Å². The SMILES string of the molecule is O=C(O)CCNC(=O)N1CCC(Cc2cccc(F)c2)CC1. The molecule has 1 aliphatic heterocycles. The van der Waals surface area contributed by atoms with Crippen molar-refractivity contribution in [1.82, 2.24) is 10.2 Å². The normalized spacial score (nSPS) is 15.6. The summed E-state index contributed by atoms with van der Waals surface area (Å²) in [5.74, 6) is -0.688. The van der Waals surface area contributed by atoms with Gasteiger partial charge < -0.3 is 15.3 Å². The Kier molecular flexibility index (Phi) is 5.75. The molecule has 0 bridgehead atoms. The van der Waals surface area contributed by atoms with E-state index in [4.69, 9.17) is 5.11 Å². The maximum absolute atomic E-state index is 13.2. The molecule has 0 aromatic heterocycles. The molecule has 2 rings (SSSR count). The molecule has 1 fully saturated rings. The van der Waals surface area contributed by atoms with Gasteiger partial charge in [-0.3, -0.25) is 4.79 Å². The van der Waals surface area contributed by atoms with Crippen LogP contribution in [0, 0.1) is 11.7 Å². The predicted octanol–water partition coefficient (Wildman–Crippen LogP) is 2.26. The van der Waals surface area contributed by atoms with Crippen molar-refractivity contribution < 1.29 is 19.1 Å². The van der Waals surface area contributed by atoms with Crippen molar-refractivity contribution in [2.45, 2.75) is 25.7 Å². The van der Waals surface area contributed by atoms with E-state index in [0.29, 0.717) is 19.0 Å². The minimum atomic E-state index is -0.922. The highest BCUT2D eigenvalue weighted by molar-refractivity contribution is 5.75. The topological polar surface area (TPSA) is 69.6 Å². The number of carboxylic acids is 1. The van der Waals surface area contributed by atoms with Crippen LogP contribution in [0.15, 0.2) is 24.3 Å². The quantitative estimate of drug-likeness (QED) is 0.876. The van der Waals surface area contributed by atoms with E-state index in [1.165, 1.54) is 6.07 Å². The van der Waals surface area contributed by atoms with Gasteiger partial charge in [0.15, 0.2) is 0 Å². The highest BCUT2D eigenvalue weighted by atomic mass is 19.1. The molecule has 1 aromatic carbocycles. The molecular weight excluding hydrogens is 287 g/mol. The number of carbonyl (C=O) groups excluding carboxylic acids is 1. The predicted molar refractivity (Wildman–Crippen MR) is 80.1 cm³/mol. The number of amides is 2. The molecular formula is C16H21FN2O3. The van der Waals surface area contributed by atoms with Gasteiger partial charge in [0.05, 0.1) is 6.42 Å². The molecule has 1 aliphatic rings. The Morgan fingerprint density at radius 2 is 2.05 bits per heavy atom. The van der Waals surface area contributed by atoms with Gasteiger partial charge in [0.25, 0.3) is 0 Å². The minimum absolute atomic E-state index is 0.0677. The van der Waals surface area contributed by atoms with Gasteiger partial charge in [-0.2, -0.15) is 0 Å². The second kappa shape index (κ2) is 7.77. The number of aliphatic carboxylic acids is 1. The summed E-state index contributed by atoms with van der Waals surface area (Å²) in [6.07, 6.45) is 2.51. The zero-order chi connectivity index (χ0) is 15.9. The van der Waals surface area contributed by atoms with Gasteiger partial charge in [-0.05, 0) is 42.9 Å². The van der Waals surface area contributed by atoms with Crippen molar-refractivity contribution in [2.24, 2.45) is 5.92 Å². The fraction of sp³-hybridized carbons (Fsp3) is 0.500. The first kappa shape index (κ1) is 16.3. The number of piperidine rings is 1. The number of halogens is 1. The van der Waals surface area contributed by atoms with Crippen molar-refractivity contribution in [3.8, 4) is 0 Å². The smallest absolute Gasteiger partial charge is 0.317 e. The molecule has 5 nitrogen and oxygen atoms in total. The Morgan fingerprint density at radius 1 is 1.32 bits per heavy atom. The molecule has 0 saturated carbocycles. The Morgan fingerprint density at radius 3 is 2.68 bits per heavy atom. The maximum atomic E-state index is 13.2. The highest BCUT2D eigenvalue weighted by Gasteiger charge is 2.22. The standard InChI is InChI=1S/C16H21FN2O3/c17-14-3-1-2-13(11-14)10-12-5-8-19(9-6-12)16(22)18-7-4-15(20)21/h1-3,11-12H,4-10H2,(H,18,22)(H,20,21). The van der Waals surface area contributed by atoms with Crippen LogP contribution in [0.4, 0.5) is 9.18 Å². The summed E-state index contributed by atoms with van der Waals surface area (Å²) in [6, 6.07) is 6.44. The van der Waals surface area contributed by atoms with Gasteiger partial charge in [-0.15, -0.1) is 0 Å². The molecule has 6 heteroatoms. The van der Waals surface area contributed by atoms with Crippen molar-refractivity contribution in [2.75, 3.05) is 19.6 Å². The van der Waals surface area contributed by atoms with E-state index in [0.717, 1.165) is 24.8 Å². The van der Waals surface area contributed by atoms with Crippen molar-refractivity contribution in [3.05, 3.63) is 35.6 Å². The van der Waals surface area contributed by atoms with Crippen LogP contribution in [0.5, 0.6) is 0 Å². The number of carboxylic acid groups (broad SMARTS) is 1. The van der Waals surface area contributed by atoms with Crippen LogP contribution >= 0.6 is 0 Å². The van der Waals surface area contributed by atoms with Crippen LogP contribution in [-0.4, -0.2) is 41.6 Å². The van der Waals surface area contributed by atoms with E-state index in [9.17, 15) is 14.0 Å². The first-order chi connectivity index (χ1) is 10.5. The van der Waals surface area contributed by atoms with Gasteiger partial charge in [0, 0.05) is 19.6 Å². The number of rotatable bonds is 5. The fourth-order valence-electron chi connectivity index (χ4n) is 2.73. The van der Waals surface area contributed by atoms with E-state index in [1.807, 2.05) is 6.07 Å². The van der Waals surface area contributed by atoms with E-state index < -0.39 is 5.97 Å². The fourth-order valence-corrected chi connectivity index (χ4v) is 2.73. The number of carbonyl (C=O) groups is 2. The number of nitrogens with one attached hydrogen (secondary N) is 1. The van der Waals surface area contributed by atoms with E-state index in [-0.39, 0.29) is 24.8 Å². The largest absolute Gasteiger partial charge is 0.481 e. The lowest BCUT2D eigenvalue weighted by molar-refractivity contribution is -0.136. The summed E-state index contributed by atoms with van der Waals surface area (Å²) in [7, 11) is 0. The van der Waals surface area contributed by atoms with E-state index >= 15 is 0 Å². The Labute approximate surface area is 129 Å². The highest BCUT2D eigenvalue weighted by Crippen LogP contribution is 2.22. The summed E-state index contributed by atoms with van der Waals surface area (Å²) in [4.78, 5) is 24.0. The minimum Gasteiger partial charge on any atom is -0.481 e. The number of likely N-dealkylation sites (tertiary alicyclic amines) is 1. The second-order valence-corrected chi connectivity index (χ2v) is 5.64. The molecule has 0 atom stereocenters. The van der Waals surface area contributed by atoms with Crippen LogP contribution in [-0.2, 0) is 11.2 Å². The average molecular weight is 308 g/mol. The Bertz CT molecular complexity index is 528. The lowest BCUT2D eigenvalue weighted by Gasteiger charge is -2.32. The van der Waals surface area contributed by atoms with Crippen LogP contribution in [0.2, 0.25) is 0 Å². The van der Waals surface area contributed by atoms with Crippen LogP contribution in [0.1, 0.15) is 24.8 Å². The molecule has 1 aromatic rings. The molecule has 2 amide bonds. The maximum Gasteiger partial charge on any atom is 0.317 e. The lowest BCUT2D eigenvalue weighted by atomic mass is 9.90. The molecule has 0 spiro atoms. The molecule has 0 radical (unpaired) electrons. The molecule has 0 aliphatic carbocycles. The van der Waals surface area contributed by atoms with Crippen LogP contribution in [0.3, 0.4) is 0 Å². The molecule has 120 valence electrons. The summed E-state index contributed by atoms with van der Waals surface area (Å²) in [6.45, 7) is 1.45. The summed E-state index contributed by atoms with van der Waals surface area (Å²) in [5.41, 5.74) is 0.990. The van der Waals surface area contributed by atoms with Crippen molar-refractivity contribution >= 4 is 12.0 Å². The average Bonchev–Trinajstić information content (AvgIpc) is 2.47. The summed E-state index contributed by atoms with van der Waals surface area (Å²) < 4.78 is 13.2. The molecule has 1 heterocycles. The zero-order valence-electron chi connectivity index (χ0n) is 12.4. The van der Waals surface area contributed by atoms with Crippen molar-refractivity contribution in [3.63, 3.8) is 0 Å². The second-order valence-electron chi connectivity index (χ2n) is 5.64. The number of urea groups is 1. The van der Waals surface area contributed by atoms with Crippen LogP contribution in [0.25, 0.3) is 0 Å². The Balaban J connectivity index is 1.73. The monoisotopic (exact) mass is 308 g/mol.